The summed E-state index contributed by atoms with van der Waals surface area (Å²) in [5, 5.41) is 11.9. The maximum Gasteiger partial charge on any atom is 0.240 e. The Morgan fingerprint density at radius 2 is 2.28 bits per heavy atom. The average molecular weight is 327 g/mol. The normalized spacial score (nSPS) is 17.0. The van der Waals surface area contributed by atoms with Crippen molar-refractivity contribution >= 4 is 33.2 Å². The molecule has 0 aliphatic heterocycles. The summed E-state index contributed by atoms with van der Waals surface area (Å²) in [6.45, 7) is 4.75. The molecule has 96 valence electrons. The molecule has 1 saturated carbocycles. The van der Waals surface area contributed by atoms with Crippen LogP contribution < -0.4 is 5.32 Å². The van der Waals surface area contributed by atoms with Gasteiger partial charge in [0.05, 0.1) is 9.86 Å². The van der Waals surface area contributed by atoms with Crippen molar-refractivity contribution in [3.05, 3.63) is 20.8 Å². The molecule has 1 aliphatic rings. The van der Waals surface area contributed by atoms with E-state index in [0.29, 0.717) is 19.4 Å². The maximum atomic E-state index is 11.9. The fourth-order valence-electron chi connectivity index (χ4n) is 1.75. The summed E-state index contributed by atoms with van der Waals surface area (Å²) >= 11 is 5.12. The fourth-order valence-corrected chi connectivity index (χ4v) is 3.24. The van der Waals surface area contributed by atoms with Gasteiger partial charge in [-0.05, 0) is 40.9 Å². The van der Waals surface area contributed by atoms with Gasteiger partial charge in [0.25, 0.3) is 0 Å². The monoisotopic (exact) mass is 326 g/mol. The van der Waals surface area contributed by atoms with Gasteiger partial charge in [-0.1, -0.05) is 13.8 Å². The molecule has 0 bridgehead atoms. The first-order valence-corrected chi connectivity index (χ1v) is 7.46. The van der Waals surface area contributed by atoms with Gasteiger partial charge in [0.15, 0.2) is 0 Å². The zero-order valence-corrected chi connectivity index (χ0v) is 12.8. The number of carbonyl (C=O) groups excluding carboxylic acids is 1. The van der Waals surface area contributed by atoms with Crippen LogP contribution in [0.4, 0.5) is 0 Å². The van der Waals surface area contributed by atoms with Crippen LogP contribution in [0.25, 0.3) is 0 Å². The third-order valence-corrected chi connectivity index (χ3v) is 5.32. The number of amides is 1. The molecule has 1 heterocycles. The first-order chi connectivity index (χ1) is 8.39. The molecule has 0 spiro atoms. The Morgan fingerprint density at radius 1 is 1.61 bits per heavy atom. The highest BCUT2D eigenvalue weighted by molar-refractivity contribution is 9.11. The van der Waals surface area contributed by atoms with E-state index < -0.39 is 5.41 Å². The minimum atomic E-state index is -0.730. The summed E-state index contributed by atoms with van der Waals surface area (Å²) in [5.74, 6) is -0.117. The largest absolute Gasteiger partial charge is 0.354 e. The van der Waals surface area contributed by atoms with E-state index in [0.717, 1.165) is 3.79 Å². The molecule has 1 N–H and O–H groups in total. The summed E-state index contributed by atoms with van der Waals surface area (Å²) in [6.07, 6.45) is 1.39. The summed E-state index contributed by atoms with van der Waals surface area (Å²) < 4.78 is 1.09. The van der Waals surface area contributed by atoms with E-state index in [1.54, 1.807) is 11.3 Å². The van der Waals surface area contributed by atoms with E-state index in [4.69, 9.17) is 5.26 Å². The standard InChI is InChI=1S/C13H15BrN2OS/c1-12(2,9-3-4-10(14)18-9)8-16-11(17)13(7-15)5-6-13/h3-4H,5-6,8H2,1-2H3,(H,16,17). The Bertz CT molecular complexity index is 511. The second-order valence-electron chi connectivity index (χ2n) is 5.36. The molecule has 0 aromatic carbocycles. The van der Waals surface area contributed by atoms with Crippen molar-refractivity contribution < 1.29 is 4.79 Å². The number of hydrogen-bond acceptors (Lipinski definition) is 3. The highest BCUT2D eigenvalue weighted by atomic mass is 79.9. The molecule has 1 aromatic heterocycles. The first kappa shape index (κ1) is 13.6. The molecule has 5 heteroatoms. The van der Waals surface area contributed by atoms with Gasteiger partial charge in [-0.15, -0.1) is 11.3 Å². The van der Waals surface area contributed by atoms with Gasteiger partial charge < -0.3 is 5.32 Å². The van der Waals surface area contributed by atoms with Crippen molar-refractivity contribution in [3.8, 4) is 6.07 Å². The Kier molecular flexibility index (Phi) is 3.52. The molecule has 3 nitrogen and oxygen atoms in total. The highest BCUT2D eigenvalue weighted by Crippen LogP contribution is 2.45. The number of thiophene rings is 1. The molecule has 1 amide bonds. The topological polar surface area (TPSA) is 52.9 Å². The summed E-state index contributed by atoms with van der Waals surface area (Å²) in [6, 6.07) is 6.20. The summed E-state index contributed by atoms with van der Waals surface area (Å²) in [7, 11) is 0. The van der Waals surface area contributed by atoms with E-state index in [2.05, 4.69) is 47.2 Å². The zero-order chi connectivity index (χ0) is 13.4. The third kappa shape index (κ3) is 2.60. The van der Waals surface area contributed by atoms with Crippen LogP contribution in [0.1, 0.15) is 31.6 Å². The quantitative estimate of drug-likeness (QED) is 0.923. The van der Waals surface area contributed by atoms with E-state index in [-0.39, 0.29) is 11.3 Å². The van der Waals surface area contributed by atoms with Gasteiger partial charge in [-0.25, -0.2) is 0 Å². The molecule has 18 heavy (non-hydrogen) atoms. The predicted octanol–water partition coefficient (Wildman–Crippen LogP) is 3.21. The molecule has 0 radical (unpaired) electrons. The van der Waals surface area contributed by atoms with Crippen LogP contribution in [0.2, 0.25) is 0 Å². The van der Waals surface area contributed by atoms with Gasteiger partial charge in [-0.2, -0.15) is 5.26 Å². The lowest BCUT2D eigenvalue weighted by molar-refractivity contribution is -0.124. The van der Waals surface area contributed by atoms with Crippen molar-refractivity contribution in [2.75, 3.05) is 6.54 Å². The molecule has 0 saturated heterocycles. The molecule has 0 unspecified atom stereocenters. The lowest BCUT2D eigenvalue weighted by Gasteiger charge is -2.24. The zero-order valence-electron chi connectivity index (χ0n) is 10.4. The minimum absolute atomic E-state index is 0.113. The van der Waals surface area contributed by atoms with Gasteiger partial charge >= 0.3 is 0 Å². The molecule has 1 aromatic rings. The number of halogens is 1. The van der Waals surface area contributed by atoms with E-state index in [1.807, 2.05) is 6.07 Å². The molecule has 1 aliphatic carbocycles. The Labute approximate surface area is 119 Å². The SMILES string of the molecule is CC(C)(CNC(=O)C1(C#N)CC1)c1ccc(Br)s1. The van der Waals surface area contributed by atoms with Crippen LogP contribution in [-0.2, 0) is 10.2 Å². The summed E-state index contributed by atoms with van der Waals surface area (Å²) in [4.78, 5) is 13.1. The number of nitriles is 1. The van der Waals surface area contributed by atoms with Gasteiger partial charge in [0.1, 0.15) is 5.41 Å². The number of nitrogens with zero attached hydrogens (tertiary/aromatic N) is 1. The Balaban J connectivity index is 1.98. The minimum Gasteiger partial charge on any atom is -0.354 e. The predicted molar refractivity (Wildman–Crippen MR) is 75.3 cm³/mol. The summed E-state index contributed by atoms with van der Waals surface area (Å²) in [5.41, 5.74) is -0.843. The van der Waals surface area contributed by atoms with Crippen LogP contribution >= 0.6 is 27.3 Å². The van der Waals surface area contributed by atoms with Crippen molar-refractivity contribution in [3.63, 3.8) is 0 Å². The smallest absolute Gasteiger partial charge is 0.240 e. The van der Waals surface area contributed by atoms with Crippen LogP contribution in [0.3, 0.4) is 0 Å². The average Bonchev–Trinajstić information content (AvgIpc) is 3.02. The third-order valence-electron chi connectivity index (χ3n) is 3.33. The van der Waals surface area contributed by atoms with Crippen molar-refractivity contribution in [2.24, 2.45) is 5.41 Å². The second kappa shape index (κ2) is 4.67. The molecular formula is C13H15BrN2OS. The van der Waals surface area contributed by atoms with Crippen molar-refractivity contribution in [1.82, 2.24) is 5.32 Å². The number of rotatable bonds is 4. The number of nitrogens with one attached hydrogen (secondary N) is 1. The fraction of sp³-hybridized carbons (Fsp3) is 0.538. The van der Waals surface area contributed by atoms with Crippen molar-refractivity contribution in [2.45, 2.75) is 32.1 Å². The van der Waals surface area contributed by atoms with Gasteiger partial charge in [-0.3, -0.25) is 4.79 Å². The number of carbonyl (C=O) groups is 1. The van der Waals surface area contributed by atoms with Crippen LogP contribution in [0.5, 0.6) is 0 Å². The molecule has 1 fully saturated rings. The Morgan fingerprint density at radius 3 is 2.72 bits per heavy atom. The van der Waals surface area contributed by atoms with E-state index in [1.165, 1.54) is 4.88 Å². The van der Waals surface area contributed by atoms with Gasteiger partial charge in [0, 0.05) is 16.8 Å². The van der Waals surface area contributed by atoms with Crippen LogP contribution in [0, 0.1) is 16.7 Å². The second-order valence-corrected chi connectivity index (χ2v) is 7.83. The van der Waals surface area contributed by atoms with Gasteiger partial charge in [0.2, 0.25) is 5.91 Å². The lowest BCUT2D eigenvalue weighted by Crippen LogP contribution is -2.39. The highest BCUT2D eigenvalue weighted by Gasteiger charge is 2.50. The molecule has 2 rings (SSSR count). The van der Waals surface area contributed by atoms with Crippen LogP contribution in [0.15, 0.2) is 15.9 Å². The van der Waals surface area contributed by atoms with E-state index in [9.17, 15) is 4.79 Å². The maximum absolute atomic E-state index is 11.9. The van der Waals surface area contributed by atoms with Crippen LogP contribution in [-0.4, -0.2) is 12.5 Å². The molecular weight excluding hydrogens is 312 g/mol. The lowest BCUT2D eigenvalue weighted by atomic mass is 9.91. The van der Waals surface area contributed by atoms with Crippen molar-refractivity contribution in [1.29, 1.82) is 5.26 Å². The van der Waals surface area contributed by atoms with E-state index >= 15 is 0 Å². The Hall–Kier alpha value is -0.860. The molecule has 0 atom stereocenters. The first-order valence-electron chi connectivity index (χ1n) is 5.85. The number of hydrogen-bond donors (Lipinski definition) is 1.